The highest BCUT2D eigenvalue weighted by atomic mass is 19.1. The second-order valence-corrected chi connectivity index (χ2v) is 3.26. The van der Waals surface area contributed by atoms with Crippen LogP contribution in [0.5, 0.6) is 0 Å². The topological polar surface area (TPSA) is 74.8 Å². The van der Waals surface area contributed by atoms with E-state index in [0.717, 1.165) is 6.20 Å². The molecule has 0 aliphatic carbocycles. The first-order chi connectivity index (χ1) is 8.16. The minimum absolute atomic E-state index is 0.100. The van der Waals surface area contributed by atoms with E-state index in [1.165, 1.54) is 30.6 Å². The predicted molar refractivity (Wildman–Crippen MR) is 59.2 cm³/mol. The van der Waals surface area contributed by atoms with Crippen LogP contribution < -0.4 is 10.9 Å². The van der Waals surface area contributed by atoms with Crippen LogP contribution in [-0.2, 0) is 0 Å². The molecule has 2 aromatic rings. The number of aromatic amines is 1. The van der Waals surface area contributed by atoms with Crippen LogP contribution in [0.2, 0.25) is 0 Å². The summed E-state index contributed by atoms with van der Waals surface area (Å²) in [7, 11) is 0. The van der Waals surface area contributed by atoms with Gasteiger partial charge in [0.05, 0.1) is 6.33 Å². The molecular formula is C11H8FN3O2. The van der Waals surface area contributed by atoms with Crippen LogP contribution in [0.15, 0.2) is 41.6 Å². The highest BCUT2D eigenvalue weighted by molar-refractivity contribution is 6.03. The number of nitrogens with one attached hydrogen (secondary N) is 2. The van der Waals surface area contributed by atoms with Crippen LogP contribution in [0.25, 0.3) is 0 Å². The molecule has 0 radical (unpaired) electrons. The molecule has 0 saturated heterocycles. The van der Waals surface area contributed by atoms with Crippen molar-refractivity contribution in [2.24, 2.45) is 0 Å². The van der Waals surface area contributed by atoms with E-state index in [4.69, 9.17) is 0 Å². The summed E-state index contributed by atoms with van der Waals surface area (Å²) in [5.41, 5.74) is -0.226. The van der Waals surface area contributed by atoms with Gasteiger partial charge < -0.3 is 10.3 Å². The molecule has 1 aromatic carbocycles. The molecule has 17 heavy (non-hydrogen) atoms. The van der Waals surface area contributed by atoms with Crippen molar-refractivity contribution < 1.29 is 9.18 Å². The second kappa shape index (κ2) is 4.56. The zero-order chi connectivity index (χ0) is 12.3. The highest BCUT2D eigenvalue weighted by Gasteiger charge is 2.10. The predicted octanol–water partition coefficient (Wildman–Crippen LogP) is 1.16. The molecule has 0 spiro atoms. The van der Waals surface area contributed by atoms with Crippen molar-refractivity contribution in [2.45, 2.75) is 0 Å². The molecule has 0 bridgehead atoms. The quantitative estimate of drug-likeness (QED) is 0.817. The van der Waals surface area contributed by atoms with Crippen LogP contribution in [0.4, 0.5) is 10.1 Å². The normalized spacial score (nSPS) is 9.94. The lowest BCUT2D eigenvalue weighted by molar-refractivity contribution is 0.102. The molecule has 0 fully saturated rings. The van der Waals surface area contributed by atoms with E-state index in [9.17, 15) is 14.0 Å². The van der Waals surface area contributed by atoms with Gasteiger partial charge in [0.2, 0.25) is 0 Å². The molecular weight excluding hydrogens is 225 g/mol. The Morgan fingerprint density at radius 3 is 2.65 bits per heavy atom. The summed E-state index contributed by atoms with van der Waals surface area (Å²) in [5, 5.41) is 2.46. The number of aromatic nitrogens is 2. The number of amides is 1. The molecule has 0 unspecified atom stereocenters. The number of anilines is 1. The number of hydrogen-bond donors (Lipinski definition) is 2. The van der Waals surface area contributed by atoms with Crippen LogP contribution >= 0.6 is 0 Å². The molecule has 2 rings (SSSR count). The number of hydrogen-bond acceptors (Lipinski definition) is 3. The van der Waals surface area contributed by atoms with E-state index in [1.807, 2.05) is 0 Å². The molecule has 1 heterocycles. The first kappa shape index (κ1) is 11.0. The van der Waals surface area contributed by atoms with Gasteiger partial charge in [-0.1, -0.05) is 0 Å². The van der Waals surface area contributed by atoms with Crippen LogP contribution in [0.3, 0.4) is 0 Å². The Balaban J connectivity index is 2.20. The Labute approximate surface area is 95.3 Å². The molecule has 6 heteroatoms. The lowest BCUT2D eigenvalue weighted by Crippen LogP contribution is -2.23. The molecule has 0 saturated carbocycles. The number of halogens is 1. The molecule has 1 aromatic heterocycles. The molecule has 0 aliphatic heterocycles. The monoisotopic (exact) mass is 233 g/mol. The molecule has 0 aliphatic rings. The Kier molecular flexibility index (Phi) is 2.95. The summed E-state index contributed by atoms with van der Waals surface area (Å²) >= 11 is 0. The third kappa shape index (κ3) is 2.54. The molecule has 1 amide bonds. The van der Waals surface area contributed by atoms with Crippen LogP contribution in [0.1, 0.15) is 10.4 Å². The summed E-state index contributed by atoms with van der Waals surface area (Å²) in [6, 6.07) is 5.22. The summed E-state index contributed by atoms with van der Waals surface area (Å²) in [6.07, 6.45) is 2.36. The summed E-state index contributed by atoms with van der Waals surface area (Å²) in [6.45, 7) is 0. The van der Waals surface area contributed by atoms with Gasteiger partial charge in [-0.3, -0.25) is 9.59 Å². The van der Waals surface area contributed by atoms with E-state index >= 15 is 0 Å². The van der Waals surface area contributed by atoms with Gasteiger partial charge in [0.1, 0.15) is 11.4 Å². The van der Waals surface area contributed by atoms with Crippen molar-refractivity contribution in [3.8, 4) is 0 Å². The van der Waals surface area contributed by atoms with Gasteiger partial charge in [-0.15, -0.1) is 0 Å². The van der Waals surface area contributed by atoms with Gasteiger partial charge in [0.15, 0.2) is 0 Å². The molecule has 2 N–H and O–H groups in total. The maximum Gasteiger partial charge on any atom is 0.263 e. The lowest BCUT2D eigenvalue weighted by atomic mass is 10.2. The van der Waals surface area contributed by atoms with E-state index < -0.39 is 17.3 Å². The van der Waals surface area contributed by atoms with E-state index in [1.54, 1.807) is 0 Å². The maximum atomic E-state index is 12.6. The van der Waals surface area contributed by atoms with Gasteiger partial charge >= 0.3 is 0 Å². The third-order valence-corrected chi connectivity index (χ3v) is 2.07. The number of rotatable bonds is 2. The fraction of sp³-hybridized carbons (Fsp3) is 0. The Morgan fingerprint density at radius 1 is 1.29 bits per heavy atom. The zero-order valence-corrected chi connectivity index (χ0v) is 8.61. The smallest absolute Gasteiger partial charge is 0.263 e. The molecule has 5 nitrogen and oxygen atoms in total. The third-order valence-electron chi connectivity index (χ3n) is 2.07. The number of H-pyrrole nitrogens is 1. The van der Waals surface area contributed by atoms with Crippen molar-refractivity contribution in [3.05, 3.63) is 58.5 Å². The van der Waals surface area contributed by atoms with E-state index in [2.05, 4.69) is 15.3 Å². The van der Waals surface area contributed by atoms with Crippen molar-refractivity contribution in [1.82, 2.24) is 9.97 Å². The average Bonchev–Trinajstić information content (AvgIpc) is 2.32. The molecule has 0 atom stereocenters. The van der Waals surface area contributed by atoms with Gasteiger partial charge in [-0.25, -0.2) is 9.37 Å². The SMILES string of the molecule is O=C(Nc1ccc(F)cc1)c1cnc[nH]c1=O. The Bertz CT molecular complexity index is 592. The zero-order valence-electron chi connectivity index (χ0n) is 8.61. The fourth-order valence-corrected chi connectivity index (χ4v) is 1.24. The summed E-state index contributed by atoms with van der Waals surface area (Å²) in [4.78, 5) is 28.9. The van der Waals surface area contributed by atoms with Crippen molar-refractivity contribution in [3.63, 3.8) is 0 Å². The van der Waals surface area contributed by atoms with Crippen molar-refractivity contribution in [1.29, 1.82) is 0 Å². The van der Waals surface area contributed by atoms with Crippen LogP contribution in [-0.4, -0.2) is 15.9 Å². The van der Waals surface area contributed by atoms with Crippen molar-refractivity contribution in [2.75, 3.05) is 5.32 Å². The Hall–Kier alpha value is -2.50. The van der Waals surface area contributed by atoms with E-state index in [0.29, 0.717) is 5.69 Å². The van der Waals surface area contributed by atoms with Crippen molar-refractivity contribution >= 4 is 11.6 Å². The second-order valence-electron chi connectivity index (χ2n) is 3.26. The van der Waals surface area contributed by atoms with Gasteiger partial charge in [0, 0.05) is 11.9 Å². The number of benzene rings is 1. The standard InChI is InChI=1S/C11H8FN3O2/c12-7-1-3-8(4-2-7)15-11(17)9-5-13-6-14-10(9)16/h1-6H,(H,15,17)(H,13,14,16). The summed E-state index contributed by atoms with van der Waals surface area (Å²) < 4.78 is 12.6. The first-order valence-corrected chi connectivity index (χ1v) is 4.76. The summed E-state index contributed by atoms with van der Waals surface area (Å²) in [5.74, 6) is -0.992. The minimum atomic E-state index is -0.592. The van der Waals surface area contributed by atoms with Crippen LogP contribution in [0, 0.1) is 5.82 Å². The van der Waals surface area contributed by atoms with Gasteiger partial charge in [-0.05, 0) is 24.3 Å². The fourth-order valence-electron chi connectivity index (χ4n) is 1.24. The Morgan fingerprint density at radius 2 is 2.00 bits per heavy atom. The number of carbonyl (C=O) groups excluding carboxylic acids is 1. The highest BCUT2D eigenvalue weighted by Crippen LogP contribution is 2.08. The number of carbonyl (C=O) groups is 1. The van der Waals surface area contributed by atoms with Gasteiger partial charge in [-0.2, -0.15) is 0 Å². The maximum absolute atomic E-state index is 12.6. The van der Waals surface area contributed by atoms with Gasteiger partial charge in [0.25, 0.3) is 11.5 Å². The van der Waals surface area contributed by atoms with E-state index in [-0.39, 0.29) is 5.56 Å². The lowest BCUT2D eigenvalue weighted by Gasteiger charge is -2.03. The number of nitrogens with zero attached hydrogens (tertiary/aromatic N) is 1. The molecule has 86 valence electrons. The first-order valence-electron chi connectivity index (χ1n) is 4.76. The largest absolute Gasteiger partial charge is 0.322 e. The minimum Gasteiger partial charge on any atom is -0.322 e. The average molecular weight is 233 g/mol.